The molecule has 0 unspecified atom stereocenters. The average molecular weight is 256 g/mol. The van der Waals surface area contributed by atoms with Gasteiger partial charge in [0.05, 0.1) is 12.7 Å². The van der Waals surface area contributed by atoms with Crippen molar-refractivity contribution >= 4 is 0 Å². The van der Waals surface area contributed by atoms with E-state index in [1.54, 1.807) is 0 Å². The lowest BCUT2D eigenvalue weighted by Gasteiger charge is -2.33. The topological polar surface area (TPSA) is 42.5 Å². The lowest BCUT2D eigenvalue weighted by atomic mass is 9.82. The van der Waals surface area contributed by atoms with E-state index >= 15 is 0 Å². The van der Waals surface area contributed by atoms with Gasteiger partial charge < -0.3 is 20.1 Å². The molecule has 2 aliphatic rings. The normalized spacial score (nSPS) is 25.2. The van der Waals surface area contributed by atoms with Gasteiger partial charge in [-0.15, -0.1) is 0 Å². The number of hydrogen-bond donors (Lipinski definition) is 2. The van der Waals surface area contributed by atoms with Gasteiger partial charge in [-0.3, -0.25) is 0 Å². The lowest BCUT2D eigenvalue weighted by molar-refractivity contribution is 0.0176. The van der Waals surface area contributed by atoms with Crippen LogP contribution in [0.2, 0.25) is 0 Å². The van der Waals surface area contributed by atoms with Gasteiger partial charge in [-0.05, 0) is 44.2 Å². The zero-order valence-corrected chi connectivity index (χ0v) is 11.7. The maximum absolute atomic E-state index is 5.88. The van der Waals surface area contributed by atoms with Crippen molar-refractivity contribution in [2.45, 2.75) is 38.7 Å². The van der Waals surface area contributed by atoms with E-state index in [1.165, 1.54) is 12.8 Å². The second-order valence-corrected chi connectivity index (χ2v) is 5.92. The molecule has 106 valence electrons. The van der Waals surface area contributed by atoms with Crippen LogP contribution in [0.5, 0.6) is 0 Å². The molecule has 0 spiro atoms. The molecule has 2 aliphatic heterocycles. The molecule has 0 bridgehead atoms. The summed E-state index contributed by atoms with van der Waals surface area (Å²) in [6.07, 6.45) is 5.15. The molecule has 2 N–H and O–H groups in total. The molecule has 2 rings (SSSR count). The Morgan fingerprint density at radius 3 is 2.72 bits per heavy atom. The second kappa shape index (κ2) is 7.43. The highest BCUT2D eigenvalue weighted by Gasteiger charge is 2.26. The number of hydrogen-bond acceptors (Lipinski definition) is 4. The quantitative estimate of drug-likeness (QED) is 0.700. The monoisotopic (exact) mass is 256 g/mol. The fourth-order valence-corrected chi connectivity index (χ4v) is 2.69. The van der Waals surface area contributed by atoms with Crippen molar-refractivity contribution in [3.05, 3.63) is 0 Å². The fourth-order valence-electron chi connectivity index (χ4n) is 2.69. The summed E-state index contributed by atoms with van der Waals surface area (Å²) in [5.41, 5.74) is 0.424. The molecule has 4 heteroatoms. The Kier molecular flexibility index (Phi) is 5.89. The minimum absolute atomic E-state index is 0.424. The predicted molar refractivity (Wildman–Crippen MR) is 72.9 cm³/mol. The molecular weight excluding hydrogens is 228 g/mol. The van der Waals surface area contributed by atoms with Crippen molar-refractivity contribution in [2.75, 3.05) is 46.0 Å². The molecule has 0 amide bonds. The summed E-state index contributed by atoms with van der Waals surface area (Å²) in [6.45, 7) is 9.32. The summed E-state index contributed by atoms with van der Waals surface area (Å²) in [6, 6.07) is 0. The van der Waals surface area contributed by atoms with Crippen LogP contribution in [0.25, 0.3) is 0 Å². The van der Waals surface area contributed by atoms with Gasteiger partial charge in [-0.2, -0.15) is 0 Å². The first-order valence-corrected chi connectivity index (χ1v) is 7.39. The Bertz CT molecular complexity index is 224. The van der Waals surface area contributed by atoms with Crippen molar-refractivity contribution in [3.8, 4) is 0 Å². The summed E-state index contributed by atoms with van der Waals surface area (Å²) in [7, 11) is 0. The number of rotatable bonds is 6. The Hall–Kier alpha value is -0.160. The Morgan fingerprint density at radius 1 is 1.28 bits per heavy atom. The highest BCUT2D eigenvalue weighted by Crippen LogP contribution is 2.28. The van der Waals surface area contributed by atoms with E-state index < -0.39 is 0 Å². The molecule has 0 aliphatic carbocycles. The third-order valence-corrected chi connectivity index (χ3v) is 4.17. The fraction of sp³-hybridized carbons (Fsp3) is 1.00. The van der Waals surface area contributed by atoms with Crippen LogP contribution in [-0.4, -0.2) is 52.1 Å². The maximum atomic E-state index is 5.88. The van der Waals surface area contributed by atoms with Gasteiger partial charge in [0.1, 0.15) is 0 Å². The molecule has 0 aromatic heterocycles. The predicted octanol–water partition coefficient (Wildman–Crippen LogP) is 1.16. The van der Waals surface area contributed by atoms with Crippen LogP contribution in [0.4, 0.5) is 0 Å². The van der Waals surface area contributed by atoms with Gasteiger partial charge in [-0.1, -0.05) is 6.92 Å². The van der Waals surface area contributed by atoms with Crippen molar-refractivity contribution in [3.63, 3.8) is 0 Å². The van der Waals surface area contributed by atoms with Gasteiger partial charge in [0.25, 0.3) is 0 Å². The maximum Gasteiger partial charge on any atom is 0.0600 e. The van der Waals surface area contributed by atoms with Gasteiger partial charge in [0.15, 0.2) is 0 Å². The van der Waals surface area contributed by atoms with Crippen molar-refractivity contribution in [2.24, 2.45) is 5.41 Å². The van der Waals surface area contributed by atoms with Crippen LogP contribution in [0.1, 0.15) is 32.6 Å². The standard InChI is InChI=1S/C14H28N2O2/c1-14(4-9-17-10-5-14)12-16-8-11-18-13-2-6-15-7-3-13/h13,15-16H,2-12H2,1H3. The van der Waals surface area contributed by atoms with Gasteiger partial charge in [0.2, 0.25) is 0 Å². The first-order valence-electron chi connectivity index (χ1n) is 7.39. The molecule has 2 saturated heterocycles. The van der Waals surface area contributed by atoms with Crippen molar-refractivity contribution in [1.29, 1.82) is 0 Å². The van der Waals surface area contributed by atoms with E-state index in [9.17, 15) is 0 Å². The third kappa shape index (κ3) is 4.84. The first-order chi connectivity index (χ1) is 8.79. The Labute approximate surface area is 111 Å². The minimum atomic E-state index is 0.424. The summed E-state index contributed by atoms with van der Waals surface area (Å²) < 4.78 is 11.3. The van der Waals surface area contributed by atoms with Crippen LogP contribution in [0, 0.1) is 5.41 Å². The Morgan fingerprint density at radius 2 is 2.00 bits per heavy atom. The third-order valence-electron chi connectivity index (χ3n) is 4.17. The molecule has 18 heavy (non-hydrogen) atoms. The van der Waals surface area contributed by atoms with E-state index in [0.29, 0.717) is 11.5 Å². The minimum Gasteiger partial charge on any atom is -0.381 e. The second-order valence-electron chi connectivity index (χ2n) is 5.92. The van der Waals surface area contributed by atoms with E-state index in [1.807, 2.05) is 0 Å². The van der Waals surface area contributed by atoms with Gasteiger partial charge in [-0.25, -0.2) is 0 Å². The van der Waals surface area contributed by atoms with E-state index in [2.05, 4.69) is 17.6 Å². The lowest BCUT2D eigenvalue weighted by Crippen LogP contribution is -2.39. The molecule has 0 atom stereocenters. The molecule has 0 aromatic rings. The molecule has 2 fully saturated rings. The SMILES string of the molecule is CC1(CNCCOC2CCNCC2)CCOCC1. The zero-order valence-electron chi connectivity index (χ0n) is 11.7. The summed E-state index contributed by atoms with van der Waals surface area (Å²) >= 11 is 0. The van der Waals surface area contributed by atoms with Crippen LogP contribution in [-0.2, 0) is 9.47 Å². The number of nitrogens with one attached hydrogen (secondary N) is 2. The highest BCUT2D eigenvalue weighted by atomic mass is 16.5. The van der Waals surface area contributed by atoms with Crippen molar-refractivity contribution in [1.82, 2.24) is 10.6 Å². The van der Waals surface area contributed by atoms with Crippen LogP contribution < -0.4 is 10.6 Å². The molecule has 0 radical (unpaired) electrons. The van der Waals surface area contributed by atoms with E-state index in [0.717, 1.165) is 58.8 Å². The molecule has 0 aromatic carbocycles. The van der Waals surface area contributed by atoms with E-state index in [4.69, 9.17) is 9.47 Å². The molecular formula is C14H28N2O2. The number of piperidine rings is 1. The highest BCUT2D eigenvalue weighted by molar-refractivity contribution is 4.79. The van der Waals surface area contributed by atoms with Gasteiger partial charge >= 0.3 is 0 Å². The molecule has 2 heterocycles. The van der Waals surface area contributed by atoms with Crippen LogP contribution in [0.15, 0.2) is 0 Å². The zero-order chi connectivity index (χ0) is 12.7. The molecule has 4 nitrogen and oxygen atoms in total. The van der Waals surface area contributed by atoms with Crippen LogP contribution in [0.3, 0.4) is 0 Å². The first kappa shape index (κ1) is 14.3. The van der Waals surface area contributed by atoms with Crippen LogP contribution >= 0.6 is 0 Å². The Balaban J connectivity index is 1.50. The van der Waals surface area contributed by atoms with Gasteiger partial charge in [0, 0.05) is 26.3 Å². The van der Waals surface area contributed by atoms with Crippen molar-refractivity contribution < 1.29 is 9.47 Å². The number of ether oxygens (including phenoxy) is 2. The average Bonchev–Trinajstić information content (AvgIpc) is 2.40. The molecule has 0 saturated carbocycles. The summed E-state index contributed by atoms with van der Waals surface area (Å²) in [5, 5.41) is 6.90. The smallest absolute Gasteiger partial charge is 0.0600 e. The largest absolute Gasteiger partial charge is 0.381 e. The summed E-state index contributed by atoms with van der Waals surface area (Å²) in [5.74, 6) is 0. The summed E-state index contributed by atoms with van der Waals surface area (Å²) in [4.78, 5) is 0. The van der Waals surface area contributed by atoms with E-state index in [-0.39, 0.29) is 0 Å².